The molecular weight excluding hydrogens is 830 g/mol. The standard InChI is InChI=1S/C55H25F3N8/c1-61-39-20-32(30-59)19-35(22-39)33-13-16-45-43-9-5-7-11-49(43)65(51(45)25-33)53-28-47(42-18-15-38(55(56,57)58)21-37(42)31-60)48(64-4)29-54(53)66-50-12-8-6-10-44(50)46-17-14-34(26-52(46)66)36-23-40(62-2)27-41(24-36)63-3/h5-29H. The maximum Gasteiger partial charge on any atom is 0.416 e. The Balaban J connectivity index is 1.36. The van der Waals surface area contributed by atoms with Crippen molar-refractivity contribution in [1.29, 1.82) is 10.5 Å². The van der Waals surface area contributed by atoms with Crippen LogP contribution in [0.15, 0.2) is 152 Å². The number of hydrogen-bond donors (Lipinski definition) is 0. The lowest BCUT2D eigenvalue weighted by Gasteiger charge is -2.20. The fourth-order valence-electron chi connectivity index (χ4n) is 8.90. The van der Waals surface area contributed by atoms with Gasteiger partial charge in [0.05, 0.1) is 83.0 Å². The van der Waals surface area contributed by atoms with Crippen LogP contribution in [-0.4, -0.2) is 9.13 Å². The van der Waals surface area contributed by atoms with Gasteiger partial charge in [0, 0.05) is 27.1 Å². The number of alkyl halides is 3. The number of halogens is 3. The number of rotatable bonds is 5. The highest BCUT2D eigenvalue weighted by Gasteiger charge is 2.32. The number of benzene rings is 8. The molecule has 0 fully saturated rings. The van der Waals surface area contributed by atoms with Crippen LogP contribution in [0.4, 0.5) is 35.9 Å². The first-order valence-corrected chi connectivity index (χ1v) is 20.1. The minimum absolute atomic E-state index is 0.0833. The molecule has 306 valence electrons. The second kappa shape index (κ2) is 15.5. The van der Waals surface area contributed by atoms with Crippen LogP contribution in [0.3, 0.4) is 0 Å². The van der Waals surface area contributed by atoms with Crippen molar-refractivity contribution in [3.05, 3.63) is 214 Å². The summed E-state index contributed by atoms with van der Waals surface area (Å²) in [4.78, 5) is 14.8. The predicted octanol–water partition coefficient (Wildman–Crippen LogP) is 15.8. The molecule has 0 atom stereocenters. The van der Waals surface area contributed by atoms with Crippen molar-refractivity contribution in [3.63, 3.8) is 0 Å². The lowest BCUT2D eigenvalue weighted by Crippen LogP contribution is -2.06. The Morgan fingerprint density at radius 3 is 1.47 bits per heavy atom. The van der Waals surface area contributed by atoms with Crippen molar-refractivity contribution in [2.24, 2.45) is 0 Å². The van der Waals surface area contributed by atoms with E-state index in [0.29, 0.717) is 56.2 Å². The van der Waals surface area contributed by atoms with Gasteiger partial charge in [-0.3, -0.25) is 0 Å². The minimum Gasteiger partial charge on any atom is -0.308 e. The van der Waals surface area contributed by atoms with E-state index in [1.54, 1.807) is 36.4 Å². The average molecular weight is 855 g/mol. The van der Waals surface area contributed by atoms with E-state index in [2.05, 4.69) is 25.4 Å². The van der Waals surface area contributed by atoms with Gasteiger partial charge < -0.3 is 9.13 Å². The molecule has 2 heterocycles. The zero-order chi connectivity index (χ0) is 45.9. The third kappa shape index (κ3) is 6.51. The fraction of sp³-hybridized carbons (Fsp3) is 0.0182. The summed E-state index contributed by atoms with van der Waals surface area (Å²) in [7, 11) is 0. The zero-order valence-electron chi connectivity index (χ0n) is 34.1. The highest BCUT2D eigenvalue weighted by atomic mass is 19.4. The quantitative estimate of drug-likeness (QED) is 0.162. The number of nitrogens with zero attached hydrogens (tertiary/aromatic N) is 8. The van der Waals surface area contributed by atoms with Gasteiger partial charge in [-0.15, -0.1) is 0 Å². The van der Waals surface area contributed by atoms with Crippen LogP contribution in [0.1, 0.15) is 16.7 Å². The average Bonchev–Trinajstić information content (AvgIpc) is 3.86. The van der Waals surface area contributed by atoms with E-state index in [1.165, 1.54) is 18.2 Å². The SMILES string of the molecule is [C-]#[N+]c1cc(C#N)cc(-c2ccc3c4ccccc4n(-c4cc(-c5ccc(C(F)(F)F)cc5C#N)c([N+]#[C-])cc4-n4c5ccccc5c5ccc(-c6cc([N+]#[C-])cc([N+]#[C-])c6)cc54)c3c2)c1. The fourth-order valence-corrected chi connectivity index (χ4v) is 8.90. The van der Waals surface area contributed by atoms with Gasteiger partial charge in [0.1, 0.15) is 0 Å². The molecule has 0 aliphatic rings. The van der Waals surface area contributed by atoms with Gasteiger partial charge in [-0.05, 0) is 100 Å². The van der Waals surface area contributed by atoms with Crippen LogP contribution in [-0.2, 0) is 6.18 Å². The summed E-state index contributed by atoms with van der Waals surface area (Å²) in [5, 5.41) is 23.7. The Morgan fingerprint density at radius 1 is 0.439 bits per heavy atom. The Labute approximate surface area is 375 Å². The summed E-state index contributed by atoms with van der Waals surface area (Å²) in [6.07, 6.45) is -4.71. The normalized spacial score (nSPS) is 11.2. The van der Waals surface area contributed by atoms with Crippen LogP contribution >= 0.6 is 0 Å². The molecule has 0 saturated carbocycles. The number of para-hydroxylation sites is 2. The molecule has 8 aromatic carbocycles. The number of nitriles is 2. The van der Waals surface area contributed by atoms with E-state index in [4.69, 9.17) is 26.3 Å². The number of fused-ring (bicyclic) bond motifs is 6. The molecule has 10 rings (SSSR count). The van der Waals surface area contributed by atoms with Crippen LogP contribution in [0, 0.1) is 49.0 Å². The molecular formula is C55H25F3N8. The molecule has 8 nitrogen and oxygen atoms in total. The van der Waals surface area contributed by atoms with Crippen LogP contribution in [0.25, 0.3) is 108 Å². The van der Waals surface area contributed by atoms with Gasteiger partial charge in [-0.25, -0.2) is 19.4 Å². The molecule has 0 aliphatic heterocycles. The van der Waals surface area contributed by atoms with Crippen molar-refractivity contribution in [3.8, 4) is 56.9 Å². The zero-order valence-corrected chi connectivity index (χ0v) is 34.1. The van der Waals surface area contributed by atoms with Gasteiger partial charge >= 0.3 is 6.18 Å². The van der Waals surface area contributed by atoms with E-state index >= 15 is 0 Å². The first-order valence-electron chi connectivity index (χ1n) is 20.1. The molecule has 0 radical (unpaired) electrons. The van der Waals surface area contributed by atoms with E-state index in [-0.39, 0.29) is 22.4 Å². The van der Waals surface area contributed by atoms with E-state index in [9.17, 15) is 23.7 Å². The van der Waals surface area contributed by atoms with E-state index in [1.807, 2.05) is 100 Å². The molecule has 0 spiro atoms. The molecule has 0 N–H and O–H groups in total. The maximum absolute atomic E-state index is 14.0. The summed E-state index contributed by atoms with van der Waals surface area (Å²) >= 11 is 0. The molecule has 11 heteroatoms. The third-order valence-electron chi connectivity index (χ3n) is 11.8. The van der Waals surface area contributed by atoms with Gasteiger partial charge in [0.2, 0.25) is 0 Å². The lowest BCUT2D eigenvalue weighted by molar-refractivity contribution is -0.137. The highest BCUT2D eigenvalue weighted by molar-refractivity contribution is 6.13. The monoisotopic (exact) mass is 854 g/mol. The van der Waals surface area contributed by atoms with Crippen LogP contribution in [0.5, 0.6) is 0 Å². The second-order valence-electron chi connectivity index (χ2n) is 15.5. The molecule has 0 aliphatic carbocycles. The highest BCUT2D eigenvalue weighted by Crippen LogP contribution is 2.46. The topological polar surface area (TPSA) is 74.9 Å². The largest absolute Gasteiger partial charge is 0.416 e. The smallest absolute Gasteiger partial charge is 0.308 e. The predicted molar refractivity (Wildman–Crippen MR) is 251 cm³/mol. The van der Waals surface area contributed by atoms with Crippen molar-refractivity contribution in [1.82, 2.24) is 9.13 Å². The molecule has 2 aromatic heterocycles. The minimum atomic E-state index is -4.71. The summed E-state index contributed by atoms with van der Waals surface area (Å²) in [5.41, 5.74) is 7.24. The Bertz CT molecular complexity index is 3950. The van der Waals surface area contributed by atoms with Crippen LogP contribution in [0.2, 0.25) is 0 Å². The Kier molecular flexibility index (Phi) is 9.41. The summed E-state index contributed by atoms with van der Waals surface area (Å²) in [5.74, 6) is 0. The van der Waals surface area contributed by atoms with E-state index < -0.39 is 11.7 Å². The first-order chi connectivity index (χ1) is 32.0. The van der Waals surface area contributed by atoms with E-state index in [0.717, 1.165) is 55.8 Å². The Hall–Kier alpha value is -9.91. The first kappa shape index (κ1) is 40.2. The number of hydrogen-bond acceptors (Lipinski definition) is 2. The third-order valence-corrected chi connectivity index (χ3v) is 11.8. The molecule has 0 amide bonds. The van der Waals surface area contributed by atoms with Crippen molar-refractivity contribution in [2.45, 2.75) is 6.18 Å². The molecule has 0 saturated heterocycles. The molecule has 66 heavy (non-hydrogen) atoms. The summed E-state index contributed by atoms with van der Waals surface area (Å²) in [6.45, 7) is 31.7. The maximum atomic E-state index is 14.0. The second-order valence-corrected chi connectivity index (χ2v) is 15.5. The number of aromatic nitrogens is 2. The molecule has 0 unspecified atom stereocenters. The van der Waals surface area contributed by atoms with Crippen molar-refractivity contribution >= 4 is 66.4 Å². The lowest BCUT2D eigenvalue weighted by atomic mass is 9.95. The van der Waals surface area contributed by atoms with Gasteiger partial charge in [-0.2, -0.15) is 23.7 Å². The summed E-state index contributed by atoms with van der Waals surface area (Å²) in [6, 6.07) is 47.8. The van der Waals surface area contributed by atoms with Gasteiger partial charge in [0.25, 0.3) is 0 Å². The molecule has 0 bridgehead atoms. The molecule has 10 aromatic rings. The van der Waals surface area contributed by atoms with Crippen molar-refractivity contribution in [2.75, 3.05) is 0 Å². The van der Waals surface area contributed by atoms with Gasteiger partial charge in [-0.1, -0.05) is 84.9 Å². The van der Waals surface area contributed by atoms with Gasteiger partial charge in [0.15, 0.2) is 22.7 Å². The Morgan fingerprint density at radius 2 is 0.955 bits per heavy atom. The van der Waals surface area contributed by atoms with Crippen molar-refractivity contribution < 1.29 is 13.2 Å². The summed E-state index contributed by atoms with van der Waals surface area (Å²) < 4.78 is 46.2. The van der Waals surface area contributed by atoms with Crippen LogP contribution < -0.4 is 0 Å².